The van der Waals surface area contributed by atoms with Crippen molar-refractivity contribution in [3.8, 4) is 11.5 Å². The van der Waals surface area contributed by atoms with Crippen LogP contribution in [0.3, 0.4) is 0 Å². The summed E-state index contributed by atoms with van der Waals surface area (Å²) < 4.78 is 18.4. The van der Waals surface area contributed by atoms with Gasteiger partial charge in [-0.15, -0.1) is 0 Å². The zero-order valence-electron chi connectivity index (χ0n) is 18.1. The third kappa shape index (κ3) is 5.02. The summed E-state index contributed by atoms with van der Waals surface area (Å²) in [6, 6.07) is 10.5. The van der Waals surface area contributed by atoms with Gasteiger partial charge in [0.2, 0.25) is 6.54 Å². The van der Waals surface area contributed by atoms with Crippen LogP contribution in [-0.2, 0) is 22.4 Å². The van der Waals surface area contributed by atoms with E-state index in [1.165, 1.54) is 13.2 Å². The molecule has 2 aromatic carbocycles. The number of benzene rings is 2. The van der Waals surface area contributed by atoms with Gasteiger partial charge >= 0.3 is 5.97 Å². The number of esters is 1. The van der Waals surface area contributed by atoms with Gasteiger partial charge in [0, 0.05) is 23.6 Å². The summed E-state index contributed by atoms with van der Waals surface area (Å²) in [6.07, 6.45) is 1.01. The second kappa shape index (κ2) is 10.1. The molecule has 8 heteroatoms. The molecule has 0 amide bonds. The summed E-state index contributed by atoms with van der Waals surface area (Å²) >= 11 is 0. The number of rotatable bonds is 9. The van der Waals surface area contributed by atoms with E-state index < -0.39 is 0 Å². The van der Waals surface area contributed by atoms with Crippen LogP contribution in [0.4, 0.5) is 5.69 Å². The molecule has 2 aromatic rings. The molecule has 0 atom stereocenters. The van der Waals surface area contributed by atoms with Crippen LogP contribution >= 0.6 is 0 Å². The van der Waals surface area contributed by atoms with Crippen molar-refractivity contribution in [2.45, 2.75) is 26.7 Å². The minimum atomic E-state index is -0.381. The van der Waals surface area contributed by atoms with Crippen molar-refractivity contribution >= 4 is 17.4 Å². The van der Waals surface area contributed by atoms with E-state index in [4.69, 9.17) is 14.2 Å². The molecule has 0 saturated heterocycles. The molecule has 0 bridgehead atoms. The second-order valence-corrected chi connectivity index (χ2v) is 7.08. The number of hydrogen-bond acceptors (Lipinski definition) is 6. The third-order valence-electron chi connectivity index (χ3n) is 5.21. The van der Waals surface area contributed by atoms with Gasteiger partial charge < -0.3 is 14.2 Å². The van der Waals surface area contributed by atoms with Crippen LogP contribution in [0.5, 0.6) is 11.5 Å². The highest BCUT2D eigenvalue weighted by Crippen LogP contribution is 2.34. The molecule has 0 radical (unpaired) electrons. The highest BCUT2D eigenvalue weighted by atomic mass is 16.6. The van der Waals surface area contributed by atoms with E-state index >= 15 is 0 Å². The molecular formula is C23H27N2O6+. The van der Waals surface area contributed by atoms with Gasteiger partial charge in [-0.3, -0.25) is 10.1 Å². The average molecular weight is 427 g/mol. The fourth-order valence-corrected chi connectivity index (χ4v) is 3.80. The number of hydrogen-bond donors (Lipinski definition) is 0. The number of nitro groups is 1. The van der Waals surface area contributed by atoms with Crippen molar-refractivity contribution in [2.75, 3.05) is 33.4 Å². The van der Waals surface area contributed by atoms with Crippen LogP contribution in [0.25, 0.3) is 0 Å². The molecule has 0 aliphatic carbocycles. The number of nitrogens with zero attached hydrogens (tertiary/aromatic N) is 2. The predicted molar refractivity (Wildman–Crippen MR) is 115 cm³/mol. The van der Waals surface area contributed by atoms with Crippen LogP contribution in [0, 0.1) is 10.1 Å². The summed E-state index contributed by atoms with van der Waals surface area (Å²) in [5.41, 5.74) is 3.42. The molecule has 0 unspecified atom stereocenters. The number of para-hydroxylation sites is 1. The quantitative estimate of drug-likeness (QED) is 0.264. The first-order valence-corrected chi connectivity index (χ1v) is 10.3. The van der Waals surface area contributed by atoms with Gasteiger partial charge in [-0.1, -0.05) is 18.2 Å². The van der Waals surface area contributed by atoms with Gasteiger partial charge in [0.15, 0.2) is 17.2 Å². The maximum Gasteiger partial charge on any atom is 0.371 e. The lowest BCUT2D eigenvalue weighted by Gasteiger charge is -2.21. The van der Waals surface area contributed by atoms with Gasteiger partial charge in [0.1, 0.15) is 6.54 Å². The van der Waals surface area contributed by atoms with Gasteiger partial charge in [-0.25, -0.2) is 9.37 Å². The molecule has 1 aliphatic heterocycles. The van der Waals surface area contributed by atoms with Crippen LogP contribution in [0.1, 0.15) is 30.5 Å². The Morgan fingerprint density at radius 2 is 1.81 bits per heavy atom. The maximum atomic E-state index is 12.0. The van der Waals surface area contributed by atoms with Crippen molar-refractivity contribution in [2.24, 2.45) is 0 Å². The average Bonchev–Trinajstić information content (AvgIpc) is 2.76. The van der Waals surface area contributed by atoms with E-state index in [-0.39, 0.29) is 23.1 Å². The van der Waals surface area contributed by atoms with Gasteiger partial charge in [-0.05, 0) is 31.5 Å². The Morgan fingerprint density at radius 1 is 1.13 bits per heavy atom. The second-order valence-electron chi connectivity index (χ2n) is 7.08. The molecule has 0 N–H and O–H groups in total. The fraction of sp³-hybridized carbons (Fsp3) is 0.391. The van der Waals surface area contributed by atoms with Gasteiger partial charge in [0.25, 0.3) is 5.69 Å². The number of fused-ring (bicyclic) bond motifs is 1. The van der Waals surface area contributed by atoms with Crippen LogP contribution in [0.15, 0.2) is 36.4 Å². The number of methoxy groups -OCH3 is 1. The smallest absolute Gasteiger partial charge is 0.371 e. The first-order chi connectivity index (χ1) is 15.0. The van der Waals surface area contributed by atoms with Crippen molar-refractivity contribution in [3.05, 3.63) is 63.2 Å². The van der Waals surface area contributed by atoms with E-state index in [1.807, 2.05) is 30.6 Å². The van der Waals surface area contributed by atoms with E-state index in [0.29, 0.717) is 49.7 Å². The Balaban J connectivity index is 2.14. The number of ether oxygens (including phenoxy) is 3. The summed E-state index contributed by atoms with van der Waals surface area (Å²) in [5.74, 6) is 0.928. The molecule has 0 saturated carbocycles. The zero-order valence-corrected chi connectivity index (χ0v) is 18.1. The van der Waals surface area contributed by atoms with Crippen molar-refractivity contribution in [3.63, 3.8) is 0 Å². The first-order valence-electron chi connectivity index (χ1n) is 10.3. The predicted octanol–water partition coefficient (Wildman–Crippen LogP) is 3.17. The Hall–Kier alpha value is -3.42. The molecule has 0 fully saturated rings. The number of carbonyl (C=O) groups is 1. The lowest BCUT2D eigenvalue weighted by atomic mass is 9.91. The van der Waals surface area contributed by atoms with Gasteiger partial charge in [0.05, 0.1) is 31.7 Å². The Kier molecular flexibility index (Phi) is 7.23. The lowest BCUT2D eigenvalue weighted by Crippen LogP contribution is -2.35. The highest BCUT2D eigenvalue weighted by Gasteiger charge is 2.31. The lowest BCUT2D eigenvalue weighted by molar-refractivity contribution is -0.520. The largest absolute Gasteiger partial charge is 0.490 e. The molecule has 1 aliphatic rings. The molecule has 8 nitrogen and oxygen atoms in total. The summed E-state index contributed by atoms with van der Waals surface area (Å²) in [6.45, 7) is 5.47. The maximum absolute atomic E-state index is 12.0. The summed E-state index contributed by atoms with van der Waals surface area (Å²) in [4.78, 5) is 23.2. The summed E-state index contributed by atoms with van der Waals surface area (Å²) in [5, 5.41) is 11.5. The molecule has 31 heavy (non-hydrogen) atoms. The van der Waals surface area contributed by atoms with Crippen LogP contribution < -0.4 is 9.47 Å². The third-order valence-corrected chi connectivity index (χ3v) is 5.21. The van der Waals surface area contributed by atoms with Crippen LogP contribution in [0.2, 0.25) is 0 Å². The Morgan fingerprint density at radius 3 is 2.45 bits per heavy atom. The monoisotopic (exact) mass is 427 g/mol. The highest BCUT2D eigenvalue weighted by molar-refractivity contribution is 6.01. The Bertz CT molecular complexity index is 1020. The standard InChI is InChI=1S/C23H27N2O6/c1-4-30-21-13-16-10-11-24(15-23(26)29-3)20(18(16)14-22(21)31-5-2)12-17-8-6-7-9-19(17)25(27)28/h6-9,13-14H,4-5,10-12,15H2,1-3H3/q+1. The topological polar surface area (TPSA) is 90.9 Å². The van der Waals surface area contributed by atoms with Crippen molar-refractivity contribution < 1.29 is 28.5 Å². The van der Waals surface area contributed by atoms with E-state index in [0.717, 1.165) is 16.8 Å². The van der Waals surface area contributed by atoms with Crippen LogP contribution in [-0.4, -0.2) is 54.6 Å². The molecule has 3 rings (SSSR count). The number of carbonyl (C=O) groups excluding carboxylic acids is 1. The minimum Gasteiger partial charge on any atom is -0.490 e. The van der Waals surface area contributed by atoms with Crippen molar-refractivity contribution in [1.29, 1.82) is 0 Å². The molecule has 0 spiro atoms. The van der Waals surface area contributed by atoms with Crippen molar-refractivity contribution in [1.82, 2.24) is 0 Å². The minimum absolute atomic E-state index is 0.0520. The molecule has 0 aromatic heterocycles. The fourth-order valence-electron chi connectivity index (χ4n) is 3.80. The van der Waals surface area contributed by atoms with Gasteiger partial charge in [-0.2, -0.15) is 0 Å². The van der Waals surface area contributed by atoms with E-state index in [9.17, 15) is 14.9 Å². The Labute approximate surface area is 181 Å². The summed E-state index contributed by atoms with van der Waals surface area (Å²) in [7, 11) is 1.35. The SMILES string of the molecule is CCOc1cc2c(cc1OCC)C(Cc1ccccc1[N+](=O)[O-])=[N+](CC(=O)OC)CC2. The molecular weight excluding hydrogens is 400 g/mol. The number of nitro benzene ring substituents is 1. The zero-order chi connectivity index (χ0) is 22.4. The molecule has 1 heterocycles. The van der Waals surface area contributed by atoms with E-state index in [1.54, 1.807) is 18.2 Å². The van der Waals surface area contributed by atoms with E-state index in [2.05, 4.69) is 0 Å². The normalized spacial score (nSPS) is 12.9. The first kappa shape index (κ1) is 22.3. The molecule has 164 valence electrons.